The van der Waals surface area contributed by atoms with Gasteiger partial charge in [-0.3, -0.25) is 0 Å². The number of rotatable bonds is 7. The summed E-state index contributed by atoms with van der Waals surface area (Å²) in [5, 5.41) is 4.53. The molecular weight excluding hydrogens is 354 g/mol. The van der Waals surface area contributed by atoms with Crippen LogP contribution in [0.5, 0.6) is 0 Å². The van der Waals surface area contributed by atoms with Crippen LogP contribution in [-0.2, 0) is 4.84 Å². The van der Waals surface area contributed by atoms with Crippen molar-refractivity contribution in [3.8, 4) is 0 Å². The first kappa shape index (κ1) is 21.2. The van der Waals surface area contributed by atoms with Crippen molar-refractivity contribution in [1.29, 1.82) is 0 Å². The first-order chi connectivity index (χ1) is 14.0. The number of hydrogen-bond donors (Lipinski definition) is 0. The van der Waals surface area contributed by atoms with Crippen molar-refractivity contribution in [2.24, 2.45) is 33.7 Å². The molecule has 0 aromatic carbocycles. The minimum Gasteiger partial charge on any atom is -0.396 e. The van der Waals surface area contributed by atoms with E-state index in [9.17, 15) is 0 Å². The second-order valence-electron chi connectivity index (χ2n) is 10.9. The molecule has 162 valence electrons. The molecule has 0 aromatic rings. The summed E-state index contributed by atoms with van der Waals surface area (Å²) in [7, 11) is 0. The van der Waals surface area contributed by atoms with E-state index in [1.807, 2.05) is 0 Å². The molecule has 0 aliphatic heterocycles. The van der Waals surface area contributed by atoms with Crippen molar-refractivity contribution < 1.29 is 4.84 Å². The van der Waals surface area contributed by atoms with Crippen molar-refractivity contribution in [3.05, 3.63) is 23.8 Å². The zero-order chi connectivity index (χ0) is 20.5. The van der Waals surface area contributed by atoms with E-state index in [0.717, 1.165) is 37.2 Å². The molecule has 4 aliphatic carbocycles. The summed E-state index contributed by atoms with van der Waals surface area (Å²) in [5.41, 5.74) is 5.26. The fourth-order valence-electron chi connectivity index (χ4n) is 7.45. The third-order valence-electron chi connectivity index (χ3n) is 9.45. The highest BCUT2D eigenvalue weighted by molar-refractivity contribution is 5.96. The molecule has 29 heavy (non-hydrogen) atoms. The summed E-state index contributed by atoms with van der Waals surface area (Å²) in [5.74, 6) is 2.67. The Hall–Kier alpha value is -1.05. The number of hydrogen-bond acceptors (Lipinski definition) is 2. The van der Waals surface area contributed by atoms with Crippen LogP contribution >= 0.6 is 0 Å². The van der Waals surface area contributed by atoms with Crippen LogP contribution in [0.3, 0.4) is 0 Å². The lowest BCUT2D eigenvalue weighted by Gasteiger charge is -2.57. The largest absolute Gasteiger partial charge is 0.396 e. The third kappa shape index (κ3) is 3.86. The molecule has 0 N–H and O–H groups in total. The predicted molar refractivity (Wildman–Crippen MR) is 123 cm³/mol. The van der Waals surface area contributed by atoms with Crippen LogP contribution in [0.25, 0.3) is 0 Å². The molecule has 0 saturated heterocycles. The topological polar surface area (TPSA) is 21.6 Å². The van der Waals surface area contributed by atoms with Crippen LogP contribution in [0.1, 0.15) is 104 Å². The highest BCUT2D eigenvalue weighted by Gasteiger charge is 2.57. The molecule has 0 spiro atoms. The maximum atomic E-state index is 5.69. The Labute approximate surface area is 179 Å². The molecule has 2 heteroatoms. The Bertz CT molecular complexity index is 676. The van der Waals surface area contributed by atoms with Gasteiger partial charge >= 0.3 is 0 Å². The van der Waals surface area contributed by atoms with Crippen molar-refractivity contribution >= 4 is 5.71 Å². The molecule has 0 aromatic heterocycles. The summed E-state index contributed by atoms with van der Waals surface area (Å²) < 4.78 is 0. The number of unbranched alkanes of at least 4 members (excludes halogenated alkanes) is 4. The quantitative estimate of drug-likeness (QED) is 0.243. The SMILES string of the molecule is C=C1CCC2C3CCC4=CC(=NOCCCCCCC)CC[C@]4(C)C3CC[C@]12C. The van der Waals surface area contributed by atoms with Gasteiger partial charge in [-0.15, -0.1) is 0 Å². The molecule has 3 saturated carbocycles. The Morgan fingerprint density at radius 2 is 1.76 bits per heavy atom. The highest BCUT2D eigenvalue weighted by Crippen LogP contribution is 2.66. The highest BCUT2D eigenvalue weighted by atomic mass is 16.6. The van der Waals surface area contributed by atoms with Crippen LogP contribution in [0.15, 0.2) is 29.0 Å². The minimum atomic E-state index is 0.396. The second kappa shape index (κ2) is 8.60. The summed E-state index contributed by atoms with van der Waals surface area (Å²) in [6.07, 6.45) is 19.2. The van der Waals surface area contributed by atoms with E-state index in [0.29, 0.717) is 10.8 Å². The van der Waals surface area contributed by atoms with Crippen LogP contribution in [0, 0.1) is 28.6 Å². The Kier molecular flexibility index (Phi) is 6.28. The van der Waals surface area contributed by atoms with Crippen molar-refractivity contribution in [2.45, 2.75) is 104 Å². The fourth-order valence-corrected chi connectivity index (χ4v) is 7.45. The summed E-state index contributed by atoms with van der Waals surface area (Å²) in [6.45, 7) is 12.6. The predicted octanol–water partition coefficient (Wildman–Crippen LogP) is 7.85. The molecule has 5 atom stereocenters. The summed E-state index contributed by atoms with van der Waals surface area (Å²) >= 11 is 0. The van der Waals surface area contributed by atoms with E-state index in [1.54, 1.807) is 11.1 Å². The molecule has 3 fully saturated rings. The molecule has 0 bridgehead atoms. The van der Waals surface area contributed by atoms with Gasteiger partial charge in [0.2, 0.25) is 0 Å². The first-order valence-corrected chi connectivity index (χ1v) is 12.6. The number of fused-ring (bicyclic) bond motifs is 5. The van der Waals surface area contributed by atoms with Gasteiger partial charge in [0.1, 0.15) is 6.61 Å². The second-order valence-corrected chi connectivity index (χ2v) is 10.9. The lowest BCUT2D eigenvalue weighted by atomic mass is 9.47. The van der Waals surface area contributed by atoms with Crippen LogP contribution in [0.4, 0.5) is 0 Å². The van der Waals surface area contributed by atoms with Gasteiger partial charge in [-0.2, -0.15) is 0 Å². The maximum Gasteiger partial charge on any atom is 0.117 e. The first-order valence-electron chi connectivity index (χ1n) is 12.6. The van der Waals surface area contributed by atoms with Crippen molar-refractivity contribution in [3.63, 3.8) is 0 Å². The molecule has 0 heterocycles. The average molecular weight is 398 g/mol. The van der Waals surface area contributed by atoms with Gasteiger partial charge < -0.3 is 4.84 Å². The van der Waals surface area contributed by atoms with Gasteiger partial charge in [0, 0.05) is 0 Å². The van der Waals surface area contributed by atoms with E-state index in [4.69, 9.17) is 4.84 Å². The minimum absolute atomic E-state index is 0.396. The molecule has 0 radical (unpaired) electrons. The van der Waals surface area contributed by atoms with Crippen LogP contribution in [0.2, 0.25) is 0 Å². The molecule has 4 rings (SSSR count). The Morgan fingerprint density at radius 3 is 2.59 bits per heavy atom. The average Bonchev–Trinajstić information content (AvgIpc) is 3.02. The normalized spacial score (nSPS) is 40.2. The van der Waals surface area contributed by atoms with E-state index in [2.05, 4.69) is 38.6 Å². The summed E-state index contributed by atoms with van der Waals surface area (Å²) in [4.78, 5) is 5.69. The van der Waals surface area contributed by atoms with Gasteiger partial charge in [-0.25, -0.2) is 0 Å². The Morgan fingerprint density at radius 1 is 0.966 bits per heavy atom. The van der Waals surface area contributed by atoms with Crippen LogP contribution < -0.4 is 0 Å². The lowest BCUT2D eigenvalue weighted by molar-refractivity contribution is -0.0226. The van der Waals surface area contributed by atoms with E-state index in [-0.39, 0.29) is 0 Å². The molecule has 0 amide bonds. The van der Waals surface area contributed by atoms with E-state index in [1.165, 1.54) is 76.3 Å². The van der Waals surface area contributed by atoms with Crippen molar-refractivity contribution in [2.75, 3.05) is 6.61 Å². The standard InChI is InChI=1S/C27H43NO/c1-5-6-7-8-9-18-29-28-22-14-16-27(4)21(19-22)11-12-23-24-13-10-20(2)26(24,3)17-15-25(23)27/h19,23-25H,2,5-18H2,1,3-4H3/t23?,24?,25?,26-,27+/m1/s1. The summed E-state index contributed by atoms with van der Waals surface area (Å²) in [6, 6.07) is 0. The number of oxime groups is 1. The van der Waals surface area contributed by atoms with Crippen molar-refractivity contribution in [1.82, 2.24) is 0 Å². The van der Waals surface area contributed by atoms with Gasteiger partial charge in [-0.1, -0.05) is 62.9 Å². The van der Waals surface area contributed by atoms with Gasteiger partial charge in [0.25, 0.3) is 0 Å². The smallest absolute Gasteiger partial charge is 0.117 e. The van der Waals surface area contributed by atoms with Gasteiger partial charge in [-0.05, 0) is 98.9 Å². The third-order valence-corrected chi connectivity index (χ3v) is 9.45. The van der Waals surface area contributed by atoms with E-state index < -0.39 is 0 Å². The fraction of sp³-hybridized carbons (Fsp3) is 0.815. The zero-order valence-corrected chi connectivity index (χ0v) is 19.3. The zero-order valence-electron chi connectivity index (χ0n) is 19.3. The van der Waals surface area contributed by atoms with Gasteiger partial charge in [0.15, 0.2) is 0 Å². The molecular formula is C27H43NO. The molecule has 2 nitrogen and oxygen atoms in total. The maximum absolute atomic E-state index is 5.69. The lowest BCUT2D eigenvalue weighted by Crippen LogP contribution is -2.49. The molecule has 3 unspecified atom stereocenters. The number of allylic oxidation sites excluding steroid dienone is 3. The van der Waals surface area contributed by atoms with Crippen LogP contribution in [-0.4, -0.2) is 12.3 Å². The van der Waals surface area contributed by atoms with E-state index >= 15 is 0 Å². The molecule has 4 aliphatic rings. The number of nitrogens with zero attached hydrogens (tertiary/aromatic N) is 1. The Balaban J connectivity index is 1.39. The monoisotopic (exact) mass is 397 g/mol. The van der Waals surface area contributed by atoms with Gasteiger partial charge in [0.05, 0.1) is 5.71 Å².